The first-order valence-corrected chi connectivity index (χ1v) is 16.0. The Kier molecular flexibility index (Phi) is 8.25. The van der Waals surface area contributed by atoms with E-state index in [1.807, 2.05) is 0 Å². The third-order valence-electron chi connectivity index (χ3n) is 7.98. The minimum atomic E-state index is -3.68. The van der Waals surface area contributed by atoms with Crippen LogP contribution in [0.15, 0.2) is 46.0 Å². The van der Waals surface area contributed by atoms with Gasteiger partial charge in [-0.05, 0) is 51.7 Å². The molecule has 2 aromatic rings. The minimum Gasteiger partial charge on any atom is -0.481 e. The number of piperidine rings is 1. The van der Waals surface area contributed by atoms with Crippen LogP contribution in [0.4, 0.5) is 4.39 Å². The van der Waals surface area contributed by atoms with Crippen molar-refractivity contribution in [3.05, 3.63) is 62.5 Å². The number of carboxylic acid groups (broad SMARTS) is 1. The molecule has 1 aliphatic carbocycles. The van der Waals surface area contributed by atoms with Crippen LogP contribution in [0.1, 0.15) is 56.1 Å². The molecule has 1 atom stereocenters. The third-order valence-corrected chi connectivity index (χ3v) is 11.3. The molecule has 2 aliphatic heterocycles. The Morgan fingerprint density at radius 1 is 1.29 bits per heavy atom. The third kappa shape index (κ3) is 5.64. The number of halogens is 2. The molecule has 0 bridgehead atoms. The molecule has 5 rings (SSSR count). The fraction of sp³-hybridized carbons (Fsp3) is 0.481. The van der Waals surface area contributed by atoms with Crippen molar-refractivity contribution in [3.63, 3.8) is 0 Å². The molecule has 3 heterocycles. The summed E-state index contributed by atoms with van der Waals surface area (Å²) in [6, 6.07) is 3.01. The number of aliphatic carboxylic acids is 1. The topological polar surface area (TPSA) is 138 Å². The van der Waals surface area contributed by atoms with E-state index in [9.17, 15) is 27.5 Å². The van der Waals surface area contributed by atoms with Crippen LogP contribution in [-0.4, -0.2) is 65.5 Å². The lowest BCUT2D eigenvalue weighted by atomic mass is 9.70. The maximum atomic E-state index is 13.9. The summed E-state index contributed by atoms with van der Waals surface area (Å²) >= 11 is 7.80. The Morgan fingerprint density at radius 2 is 2.00 bits per heavy atom. The van der Waals surface area contributed by atoms with Crippen molar-refractivity contribution >= 4 is 50.7 Å². The minimum absolute atomic E-state index is 0.0814. The summed E-state index contributed by atoms with van der Waals surface area (Å²) in [4.78, 5) is 34.0. The van der Waals surface area contributed by atoms with Crippen LogP contribution < -0.4 is 5.32 Å². The molecule has 220 valence electrons. The van der Waals surface area contributed by atoms with Crippen molar-refractivity contribution in [3.8, 4) is 0 Å². The first-order valence-electron chi connectivity index (χ1n) is 13.3. The fourth-order valence-electron chi connectivity index (χ4n) is 5.66. The van der Waals surface area contributed by atoms with Crippen LogP contribution in [0.3, 0.4) is 0 Å². The second-order valence-corrected chi connectivity index (χ2v) is 14.2. The van der Waals surface area contributed by atoms with Gasteiger partial charge < -0.3 is 15.2 Å². The first kappa shape index (κ1) is 29.6. The summed E-state index contributed by atoms with van der Waals surface area (Å²) in [6.07, 6.45) is 2.61. The summed E-state index contributed by atoms with van der Waals surface area (Å²) in [7, 11) is -3.68. The van der Waals surface area contributed by atoms with Crippen molar-refractivity contribution < 1.29 is 32.2 Å². The largest absolute Gasteiger partial charge is 0.481 e. The van der Waals surface area contributed by atoms with Crippen LogP contribution in [0, 0.1) is 17.2 Å². The van der Waals surface area contributed by atoms with Crippen LogP contribution in [0.2, 0.25) is 5.02 Å². The number of allylic oxidation sites excluding steroid dienone is 1. The molecule has 14 heteroatoms. The van der Waals surface area contributed by atoms with Gasteiger partial charge in [-0.15, -0.1) is 11.3 Å². The number of carbonyl (C=O) groups excluding carboxylic acids is 1. The molecule has 0 amide bonds. The van der Waals surface area contributed by atoms with Crippen molar-refractivity contribution in [2.24, 2.45) is 16.3 Å². The van der Waals surface area contributed by atoms with E-state index in [1.54, 1.807) is 25.4 Å². The molecule has 2 fully saturated rings. The Hall–Kier alpha value is -2.87. The number of nitrogens with zero attached hydrogens (tertiary/aromatic N) is 3. The predicted octanol–water partition coefficient (Wildman–Crippen LogP) is 4.14. The van der Waals surface area contributed by atoms with E-state index in [1.165, 1.54) is 33.8 Å². The molecule has 10 nitrogen and oxygen atoms in total. The summed E-state index contributed by atoms with van der Waals surface area (Å²) in [5.74, 6) is -1.94. The van der Waals surface area contributed by atoms with Crippen LogP contribution in [0.5, 0.6) is 0 Å². The van der Waals surface area contributed by atoms with Gasteiger partial charge in [-0.2, -0.15) is 0 Å². The van der Waals surface area contributed by atoms with Gasteiger partial charge in [0, 0.05) is 46.9 Å². The molecular weight excluding hydrogens is 595 g/mol. The quantitative estimate of drug-likeness (QED) is 0.418. The van der Waals surface area contributed by atoms with Crippen LogP contribution in [0.25, 0.3) is 0 Å². The summed E-state index contributed by atoms with van der Waals surface area (Å²) in [6.45, 7) is 3.80. The number of hydrogen-bond acceptors (Lipinski definition) is 9. The number of rotatable bonds is 8. The molecule has 3 aliphatic rings. The van der Waals surface area contributed by atoms with Gasteiger partial charge in [0.15, 0.2) is 10.8 Å². The van der Waals surface area contributed by atoms with Crippen molar-refractivity contribution in [1.29, 1.82) is 0 Å². The van der Waals surface area contributed by atoms with Gasteiger partial charge in [0.05, 0.1) is 22.8 Å². The molecule has 1 unspecified atom stereocenters. The lowest BCUT2D eigenvalue weighted by Gasteiger charge is -2.44. The van der Waals surface area contributed by atoms with Crippen molar-refractivity contribution in [2.75, 3.05) is 19.7 Å². The number of esters is 1. The van der Waals surface area contributed by atoms with Gasteiger partial charge in [-0.3, -0.25) is 9.79 Å². The van der Waals surface area contributed by atoms with E-state index in [4.69, 9.17) is 21.3 Å². The van der Waals surface area contributed by atoms with E-state index in [-0.39, 0.29) is 49.1 Å². The highest BCUT2D eigenvalue weighted by atomic mass is 35.5. The molecule has 41 heavy (non-hydrogen) atoms. The van der Waals surface area contributed by atoms with E-state index in [2.05, 4.69) is 10.3 Å². The molecule has 1 saturated carbocycles. The number of hydrogen-bond donors (Lipinski definition) is 2. The highest BCUT2D eigenvalue weighted by Gasteiger charge is 2.53. The van der Waals surface area contributed by atoms with Crippen molar-refractivity contribution in [1.82, 2.24) is 14.6 Å². The first-order chi connectivity index (χ1) is 19.4. The van der Waals surface area contributed by atoms with Crippen LogP contribution in [-0.2, 0) is 24.3 Å². The second kappa shape index (κ2) is 11.4. The number of carbonyl (C=O) groups is 2. The van der Waals surface area contributed by atoms with Gasteiger partial charge in [0.2, 0.25) is 10.0 Å². The van der Waals surface area contributed by atoms with Crippen LogP contribution >= 0.6 is 22.9 Å². The smallest absolute Gasteiger partial charge is 0.338 e. The summed E-state index contributed by atoms with van der Waals surface area (Å²) < 4.78 is 47.4. The Balaban J connectivity index is 1.46. The number of benzene rings is 1. The zero-order chi connectivity index (χ0) is 29.5. The van der Waals surface area contributed by atoms with E-state index in [0.717, 1.165) is 0 Å². The predicted molar refractivity (Wildman–Crippen MR) is 152 cm³/mol. The average molecular weight is 625 g/mol. The maximum absolute atomic E-state index is 13.9. The van der Waals surface area contributed by atoms with Gasteiger partial charge in [0.1, 0.15) is 11.9 Å². The van der Waals surface area contributed by atoms with E-state index in [0.29, 0.717) is 34.9 Å². The maximum Gasteiger partial charge on any atom is 0.338 e. The van der Waals surface area contributed by atoms with Gasteiger partial charge in [0.25, 0.3) is 0 Å². The molecule has 1 aromatic heterocycles. The molecule has 0 spiro atoms. The van der Waals surface area contributed by atoms with Gasteiger partial charge in [-0.25, -0.2) is 26.9 Å². The fourth-order valence-corrected chi connectivity index (χ4v) is 8.81. The molecule has 1 aromatic carbocycles. The average Bonchev–Trinajstić information content (AvgIpc) is 3.46. The highest BCUT2D eigenvalue weighted by Crippen LogP contribution is 2.46. The van der Waals surface area contributed by atoms with Gasteiger partial charge >= 0.3 is 11.9 Å². The van der Waals surface area contributed by atoms with E-state index < -0.39 is 44.5 Å². The number of amidine groups is 1. The number of aromatic nitrogens is 1. The number of aliphatic imine (C=N–C) groups is 1. The molecule has 1 saturated heterocycles. The molecule has 2 N–H and O–H groups in total. The Bertz CT molecular complexity index is 1510. The normalized spacial score (nSPS) is 25.7. The molecular formula is C27H30ClFN4O6S2. The zero-order valence-electron chi connectivity index (χ0n) is 22.5. The lowest BCUT2D eigenvalue weighted by molar-refractivity contribution is -0.152. The standard InChI is InChI=1S/C27H30ClFN4O6S2/c1-3-39-25(34)20-21(15-6-9-33(10-7-15)41(37,38)17-13-27(2,14-17)26(35)36)31-23(24-30-8-11-40-24)32-22(20)18-5-4-16(29)12-19(18)28/h4-5,8,11-12,15,17,22H,3,6-7,9-10,13-14H2,1-2H3,(H,31,32)(H,35,36). The number of sulfonamides is 1. The number of thiazole rings is 1. The lowest BCUT2D eigenvalue weighted by Crippen LogP contribution is -2.54. The van der Waals surface area contributed by atoms with E-state index >= 15 is 0 Å². The SMILES string of the molecule is CCOC(=O)C1=C(C2CCN(S(=O)(=O)C3CC(C)(C(=O)O)C3)CC2)NC(c2nccs2)=NC1c1ccc(F)cc1Cl. The number of ether oxygens (including phenoxy) is 1. The van der Waals surface area contributed by atoms with Crippen molar-refractivity contribution in [2.45, 2.75) is 50.8 Å². The van der Waals surface area contributed by atoms with Gasteiger partial charge in [-0.1, -0.05) is 17.7 Å². The number of nitrogens with one attached hydrogen (secondary N) is 1. The Morgan fingerprint density at radius 3 is 2.59 bits per heavy atom. The Labute approximate surface area is 246 Å². The summed E-state index contributed by atoms with van der Waals surface area (Å²) in [5.41, 5.74) is 0.186. The monoisotopic (exact) mass is 624 g/mol. The molecule has 0 radical (unpaired) electrons. The highest BCUT2D eigenvalue weighted by molar-refractivity contribution is 7.89. The number of carboxylic acids is 1. The second-order valence-electron chi connectivity index (χ2n) is 10.7. The zero-order valence-corrected chi connectivity index (χ0v) is 24.9. The summed E-state index contributed by atoms with van der Waals surface area (Å²) in [5, 5.41) is 14.5.